The molecule has 1 aliphatic rings. The van der Waals surface area contributed by atoms with E-state index in [-0.39, 0.29) is 18.4 Å². The fraction of sp³-hybridized carbons (Fsp3) is 0.417. The molecule has 1 aromatic rings. The van der Waals surface area contributed by atoms with Gasteiger partial charge in [0.2, 0.25) is 0 Å². The van der Waals surface area contributed by atoms with Crippen LogP contribution in [0.1, 0.15) is 12.0 Å². The molecule has 0 N–H and O–H groups in total. The van der Waals surface area contributed by atoms with Crippen molar-refractivity contribution in [3.8, 4) is 0 Å². The number of nitro groups is 1. The zero-order valence-electron chi connectivity index (χ0n) is 10.1. The van der Waals surface area contributed by atoms with Crippen molar-refractivity contribution in [1.82, 2.24) is 5.01 Å². The van der Waals surface area contributed by atoms with Crippen LogP contribution in [0.2, 0.25) is 0 Å². The van der Waals surface area contributed by atoms with Crippen molar-refractivity contribution in [1.29, 1.82) is 0 Å². The number of thiol groups is 1. The van der Waals surface area contributed by atoms with Gasteiger partial charge in [-0.05, 0) is 12.0 Å². The Labute approximate surface area is 115 Å². The number of nitrogens with zero attached hydrogens (tertiary/aromatic N) is 2. The maximum atomic E-state index is 11.9. The van der Waals surface area contributed by atoms with Crippen LogP contribution in [-0.4, -0.2) is 33.8 Å². The summed E-state index contributed by atoms with van der Waals surface area (Å²) >= 11 is 4.21. The van der Waals surface area contributed by atoms with Crippen molar-refractivity contribution in [3.63, 3.8) is 0 Å². The van der Waals surface area contributed by atoms with Crippen molar-refractivity contribution >= 4 is 18.6 Å². The van der Waals surface area contributed by atoms with Gasteiger partial charge in [0, 0.05) is 5.25 Å². The molecular formula is C12H14N2O4S. The summed E-state index contributed by atoms with van der Waals surface area (Å²) in [6.45, 7) is 0.328. The number of carbonyl (C=O) groups excluding carboxylic acids is 1. The molecule has 0 spiro atoms. The molecule has 2 rings (SSSR count). The van der Waals surface area contributed by atoms with Crippen LogP contribution in [0.4, 0.5) is 0 Å². The summed E-state index contributed by atoms with van der Waals surface area (Å²) < 4.78 is 5.13. The highest BCUT2D eigenvalue weighted by Gasteiger charge is 2.44. The van der Waals surface area contributed by atoms with E-state index in [0.717, 1.165) is 10.6 Å². The highest BCUT2D eigenvalue weighted by atomic mass is 32.1. The van der Waals surface area contributed by atoms with E-state index in [0.29, 0.717) is 6.42 Å². The summed E-state index contributed by atoms with van der Waals surface area (Å²) in [5.41, 5.74) is 0.845. The van der Waals surface area contributed by atoms with Crippen molar-refractivity contribution < 1.29 is 14.6 Å². The van der Waals surface area contributed by atoms with Gasteiger partial charge in [0.15, 0.2) is 11.1 Å². The summed E-state index contributed by atoms with van der Waals surface area (Å²) in [6.07, 6.45) is 0.495. The Morgan fingerprint density at radius 3 is 2.79 bits per heavy atom. The van der Waals surface area contributed by atoms with Crippen LogP contribution >= 0.6 is 12.6 Å². The molecule has 1 fully saturated rings. The van der Waals surface area contributed by atoms with Crippen LogP contribution in [0.3, 0.4) is 0 Å². The Balaban J connectivity index is 1.97. The number of rotatable bonds is 4. The molecule has 0 aromatic heterocycles. The first-order chi connectivity index (χ1) is 9.09. The maximum absolute atomic E-state index is 11.9. The largest absolute Gasteiger partial charge is 0.459 e. The monoisotopic (exact) mass is 282 g/mol. The molecule has 0 amide bonds. The van der Waals surface area contributed by atoms with E-state index in [9.17, 15) is 14.9 Å². The molecule has 1 aromatic carbocycles. The smallest absolute Gasteiger partial charge is 0.336 e. The number of hydrazine groups is 1. The lowest BCUT2D eigenvalue weighted by molar-refractivity contribution is -0.656. The Morgan fingerprint density at radius 2 is 2.16 bits per heavy atom. The molecule has 1 aliphatic heterocycles. The summed E-state index contributed by atoms with van der Waals surface area (Å²) in [7, 11) is 0. The van der Waals surface area contributed by atoms with Crippen LogP contribution in [0.25, 0.3) is 0 Å². The molecule has 2 atom stereocenters. The zero-order valence-corrected chi connectivity index (χ0v) is 11.0. The Kier molecular flexibility index (Phi) is 4.26. The molecule has 0 bridgehead atoms. The van der Waals surface area contributed by atoms with Gasteiger partial charge in [0.05, 0.1) is 6.54 Å². The van der Waals surface area contributed by atoms with Crippen LogP contribution < -0.4 is 0 Å². The molecule has 19 heavy (non-hydrogen) atoms. The second-order valence-electron chi connectivity index (χ2n) is 4.30. The first kappa shape index (κ1) is 13.7. The normalized spacial score (nSPS) is 22.3. The maximum Gasteiger partial charge on any atom is 0.336 e. The first-order valence-electron chi connectivity index (χ1n) is 5.89. The van der Waals surface area contributed by atoms with Crippen LogP contribution in [-0.2, 0) is 16.1 Å². The van der Waals surface area contributed by atoms with E-state index in [4.69, 9.17) is 4.74 Å². The van der Waals surface area contributed by atoms with Gasteiger partial charge in [-0.25, -0.2) is 14.9 Å². The predicted octanol–water partition coefficient (Wildman–Crippen LogP) is 1.29. The Bertz CT molecular complexity index is 468. The summed E-state index contributed by atoms with van der Waals surface area (Å²) in [6, 6.07) is 8.27. The van der Waals surface area contributed by atoms with Crippen molar-refractivity contribution in [2.24, 2.45) is 0 Å². The number of hydrogen-bond donors (Lipinski definition) is 1. The second kappa shape index (κ2) is 5.92. The first-order valence-corrected chi connectivity index (χ1v) is 6.41. The minimum atomic E-state index is -0.915. The van der Waals surface area contributed by atoms with Crippen molar-refractivity contribution in [2.75, 3.05) is 6.54 Å². The SMILES string of the molecule is O=C(OCc1ccccc1)[C@@H]1C(S)CCN1[N+](=O)[O-]. The topological polar surface area (TPSA) is 72.7 Å². The fourth-order valence-corrected chi connectivity index (χ4v) is 2.43. The Hall–Kier alpha value is -1.76. The van der Waals surface area contributed by atoms with E-state index in [2.05, 4.69) is 12.6 Å². The summed E-state index contributed by atoms with van der Waals surface area (Å²) in [5, 5.41) is 10.8. The molecule has 0 aliphatic carbocycles. The van der Waals surface area contributed by atoms with Gasteiger partial charge in [-0.2, -0.15) is 12.6 Å². The van der Waals surface area contributed by atoms with Gasteiger partial charge in [-0.3, -0.25) is 0 Å². The minimum absolute atomic E-state index is 0.113. The lowest BCUT2D eigenvalue weighted by Gasteiger charge is -2.18. The van der Waals surface area contributed by atoms with Gasteiger partial charge in [-0.1, -0.05) is 30.3 Å². The fourth-order valence-electron chi connectivity index (χ4n) is 2.04. The third-order valence-electron chi connectivity index (χ3n) is 3.01. The third-order valence-corrected chi connectivity index (χ3v) is 3.56. The molecule has 7 heteroatoms. The van der Waals surface area contributed by atoms with Gasteiger partial charge in [0.1, 0.15) is 6.61 Å². The average molecular weight is 282 g/mol. The summed E-state index contributed by atoms with van der Waals surface area (Å²) in [4.78, 5) is 22.8. The third kappa shape index (κ3) is 3.17. The van der Waals surface area contributed by atoms with E-state index in [1.165, 1.54) is 0 Å². The second-order valence-corrected chi connectivity index (χ2v) is 4.96. The van der Waals surface area contributed by atoms with E-state index < -0.39 is 17.0 Å². The minimum Gasteiger partial charge on any atom is -0.459 e. The van der Waals surface area contributed by atoms with E-state index >= 15 is 0 Å². The van der Waals surface area contributed by atoms with Crippen molar-refractivity contribution in [2.45, 2.75) is 24.3 Å². The van der Waals surface area contributed by atoms with Crippen LogP contribution in [0, 0.1) is 10.1 Å². The van der Waals surface area contributed by atoms with Gasteiger partial charge in [-0.15, -0.1) is 5.01 Å². The molecule has 102 valence electrons. The van der Waals surface area contributed by atoms with E-state index in [1.807, 2.05) is 30.3 Å². The Morgan fingerprint density at radius 1 is 1.47 bits per heavy atom. The van der Waals surface area contributed by atoms with Gasteiger partial charge < -0.3 is 4.74 Å². The van der Waals surface area contributed by atoms with Crippen molar-refractivity contribution in [3.05, 3.63) is 46.0 Å². The van der Waals surface area contributed by atoms with Gasteiger partial charge in [0.25, 0.3) is 0 Å². The lowest BCUT2D eigenvalue weighted by Crippen LogP contribution is -2.44. The molecule has 1 heterocycles. The molecule has 0 radical (unpaired) electrons. The molecule has 1 saturated heterocycles. The molecular weight excluding hydrogens is 268 g/mol. The van der Waals surface area contributed by atoms with Crippen LogP contribution in [0.5, 0.6) is 0 Å². The number of hydrogen-bond acceptors (Lipinski definition) is 5. The molecule has 1 unspecified atom stereocenters. The van der Waals surface area contributed by atoms with Crippen LogP contribution in [0.15, 0.2) is 30.3 Å². The zero-order chi connectivity index (χ0) is 13.8. The molecule has 0 saturated carbocycles. The standard InChI is InChI=1S/C12H14N2O4S/c15-12(18-8-9-4-2-1-3-5-9)11-10(19)6-7-13(11)14(16)17/h1-5,10-11,19H,6-8H2/t10?,11-/m0/s1. The number of benzene rings is 1. The molecule has 6 nitrogen and oxygen atoms in total. The lowest BCUT2D eigenvalue weighted by atomic mass is 10.2. The highest BCUT2D eigenvalue weighted by molar-refractivity contribution is 7.81. The number of esters is 1. The van der Waals surface area contributed by atoms with E-state index in [1.54, 1.807) is 0 Å². The summed E-state index contributed by atoms with van der Waals surface area (Å²) in [5.74, 6) is -0.599. The quantitative estimate of drug-likeness (QED) is 0.390. The van der Waals surface area contributed by atoms with Gasteiger partial charge >= 0.3 is 5.97 Å². The number of ether oxygens (including phenoxy) is 1. The number of carbonyl (C=O) groups is 1. The highest BCUT2D eigenvalue weighted by Crippen LogP contribution is 2.23. The average Bonchev–Trinajstić information content (AvgIpc) is 2.79. The predicted molar refractivity (Wildman–Crippen MR) is 71.1 cm³/mol.